The van der Waals surface area contributed by atoms with Crippen LogP contribution < -0.4 is 5.32 Å². The van der Waals surface area contributed by atoms with Crippen molar-refractivity contribution >= 4 is 11.6 Å². The molecule has 1 aromatic carbocycles. The summed E-state index contributed by atoms with van der Waals surface area (Å²) in [6.45, 7) is 5.49. The molecule has 0 saturated carbocycles. The van der Waals surface area contributed by atoms with E-state index in [0.717, 1.165) is 6.61 Å². The molecule has 0 bridgehead atoms. The maximum absolute atomic E-state index is 11.7. The first-order valence-electron chi connectivity index (χ1n) is 6.50. The van der Waals surface area contributed by atoms with Crippen molar-refractivity contribution in [2.75, 3.05) is 18.5 Å². The molecule has 1 rings (SSSR count). The first-order valence-corrected chi connectivity index (χ1v) is 6.50. The lowest BCUT2D eigenvalue weighted by Crippen LogP contribution is -2.13. The lowest BCUT2D eigenvalue weighted by atomic mass is 10.2. The molecule has 0 unspecified atom stereocenters. The topological polar surface area (TPSA) is 62.1 Å². The van der Waals surface area contributed by atoms with E-state index in [-0.39, 0.29) is 5.91 Å². The van der Waals surface area contributed by atoms with Crippen LogP contribution in [0.15, 0.2) is 24.3 Å². The van der Waals surface area contributed by atoms with Crippen molar-refractivity contribution < 1.29 is 9.53 Å². The van der Waals surface area contributed by atoms with Gasteiger partial charge in [-0.15, -0.1) is 0 Å². The third-order valence-electron chi connectivity index (χ3n) is 2.47. The molecule has 19 heavy (non-hydrogen) atoms. The normalized spacial score (nSPS) is 10.2. The Morgan fingerprint density at radius 2 is 2.16 bits per heavy atom. The van der Waals surface area contributed by atoms with Crippen molar-refractivity contribution in [1.82, 2.24) is 0 Å². The Bertz CT molecular complexity index is 450. The van der Waals surface area contributed by atoms with Gasteiger partial charge >= 0.3 is 0 Å². The minimum atomic E-state index is -0.0872. The summed E-state index contributed by atoms with van der Waals surface area (Å²) >= 11 is 0. The van der Waals surface area contributed by atoms with Gasteiger partial charge in [0, 0.05) is 19.6 Å². The maximum atomic E-state index is 11.7. The second kappa shape index (κ2) is 8.28. The van der Waals surface area contributed by atoms with E-state index in [1.54, 1.807) is 24.3 Å². The fourth-order valence-corrected chi connectivity index (χ4v) is 1.56. The van der Waals surface area contributed by atoms with Crippen molar-refractivity contribution in [3.8, 4) is 6.07 Å². The summed E-state index contributed by atoms with van der Waals surface area (Å²) in [6.07, 6.45) is 1.09. The number of rotatable bonds is 7. The van der Waals surface area contributed by atoms with E-state index >= 15 is 0 Å². The van der Waals surface area contributed by atoms with Gasteiger partial charge in [-0.25, -0.2) is 0 Å². The minimum Gasteiger partial charge on any atom is -0.381 e. The number of para-hydroxylation sites is 1. The molecule has 4 heteroatoms. The molecule has 102 valence electrons. The molecule has 1 amide bonds. The van der Waals surface area contributed by atoms with E-state index in [9.17, 15) is 4.79 Å². The number of ether oxygens (including phenoxy) is 1. The van der Waals surface area contributed by atoms with Gasteiger partial charge in [0.05, 0.1) is 11.3 Å². The number of nitrogens with one attached hydrogen (secondary N) is 1. The smallest absolute Gasteiger partial charge is 0.224 e. The monoisotopic (exact) mass is 260 g/mol. The van der Waals surface area contributed by atoms with E-state index in [0.29, 0.717) is 36.6 Å². The Kier molecular flexibility index (Phi) is 6.62. The number of carbonyl (C=O) groups is 1. The molecule has 0 atom stereocenters. The maximum Gasteiger partial charge on any atom is 0.224 e. The summed E-state index contributed by atoms with van der Waals surface area (Å²) in [4.78, 5) is 11.7. The molecule has 1 aromatic rings. The Hall–Kier alpha value is -1.86. The number of hydrogen-bond acceptors (Lipinski definition) is 3. The van der Waals surface area contributed by atoms with Crippen LogP contribution >= 0.6 is 0 Å². The van der Waals surface area contributed by atoms with Crippen LogP contribution in [0, 0.1) is 17.2 Å². The summed E-state index contributed by atoms with van der Waals surface area (Å²) in [5.41, 5.74) is 1.05. The average molecular weight is 260 g/mol. The van der Waals surface area contributed by atoms with Gasteiger partial charge in [-0.05, 0) is 24.5 Å². The van der Waals surface area contributed by atoms with Crippen LogP contribution in [0.5, 0.6) is 0 Å². The molecule has 0 fully saturated rings. The third kappa shape index (κ3) is 6.03. The van der Waals surface area contributed by atoms with Crippen LogP contribution in [-0.2, 0) is 9.53 Å². The van der Waals surface area contributed by atoms with E-state index in [2.05, 4.69) is 25.2 Å². The zero-order chi connectivity index (χ0) is 14.1. The van der Waals surface area contributed by atoms with E-state index < -0.39 is 0 Å². The van der Waals surface area contributed by atoms with Crippen molar-refractivity contribution in [2.24, 2.45) is 5.92 Å². The van der Waals surface area contributed by atoms with Crippen LogP contribution in [0.1, 0.15) is 32.3 Å². The second-order valence-corrected chi connectivity index (χ2v) is 4.78. The summed E-state index contributed by atoms with van der Waals surface area (Å²) < 4.78 is 5.41. The highest BCUT2D eigenvalue weighted by atomic mass is 16.5. The van der Waals surface area contributed by atoms with Crippen LogP contribution in [0.3, 0.4) is 0 Å². The lowest BCUT2D eigenvalue weighted by Gasteiger charge is -2.08. The molecule has 0 saturated heterocycles. The standard InChI is InChI=1S/C15H20N2O2/c1-12(2)11-19-9-5-8-15(18)17-14-7-4-3-6-13(14)10-16/h3-4,6-7,12H,5,8-9,11H2,1-2H3,(H,17,18). The number of nitrogens with zero attached hydrogens (tertiary/aromatic N) is 1. The molecule has 0 aliphatic heterocycles. The van der Waals surface area contributed by atoms with Crippen molar-refractivity contribution in [3.05, 3.63) is 29.8 Å². The zero-order valence-electron chi connectivity index (χ0n) is 11.5. The van der Waals surface area contributed by atoms with Gasteiger partial charge in [0.25, 0.3) is 0 Å². The number of amides is 1. The molecular formula is C15H20N2O2. The van der Waals surface area contributed by atoms with E-state index in [1.807, 2.05) is 0 Å². The summed E-state index contributed by atoms with van der Waals surface area (Å²) in [7, 11) is 0. The summed E-state index contributed by atoms with van der Waals surface area (Å²) in [5.74, 6) is 0.423. The summed E-state index contributed by atoms with van der Waals surface area (Å²) in [6, 6.07) is 9.03. The molecular weight excluding hydrogens is 240 g/mol. The number of carbonyl (C=O) groups excluding carboxylic acids is 1. The Morgan fingerprint density at radius 3 is 2.84 bits per heavy atom. The quantitative estimate of drug-likeness (QED) is 0.767. The largest absolute Gasteiger partial charge is 0.381 e. The minimum absolute atomic E-state index is 0.0872. The van der Waals surface area contributed by atoms with Crippen molar-refractivity contribution in [2.45, 2.75) is 26.7 Å². The molecule has 4 nitrogen and oxygen atoms in total. The van der Waals surface area contributed by atoms with Gasteiger partial charge < -0.3 is 10.1 Å². The predicted molar refractivity (Wildman–Crippen MR) is 74.7 cm³/mol. The van der Waals surface area contributed by atoms with Crippen molar-refractivity contribution in [3.63, 3.8) is 0 Å². The predicted octanol–water partition coefficient (Wildman–Crippen LogP) is 2.95. The third-order valence-corrected chi connectivity index (χ3v) is 2.47. The van der Waals surface area contributed by atoms with Crippen LogP contribution in [0.4, 0.5) is 5.69 Å². The lowest BCUT2D eigenvalue weighted by molar-refractivity contribution is -0.116. The Morgan fingerprint density at radius 1 is 1.42 bits per heavy atom. The number of anilines is 1. The number of nitriles is 1. The van der Waals surface area contributed by atoms with Gasteiger partial charge in [0.2, 0.25) is 5.91 Å². The molecule has 0 radical (unpaired) electrons. The Balaban J connectivity index is 2.30. The van der Waals surface area contributed by atoms with Gasteiger partial charge in [0.15, 0.2) is 0 Å². The fraction of sp³-hybridized carbons (Fsp3) is 0.467. The SMILES string of the molecule is CC(C)COCCCC(=O)Nc1ccccc1C#N. The highest BCUT2D eigenvalue weighted by Crippen LogP contribution is 2.13. The number of hydrogen-bond donors (Lipinski definition) is 1. The van der Waals surface area contributed by atoms with Gasteiger partial charge in [-0.1, -0.05) is 26.0 Å². The molecule has 0 spiro atoms. The average Bonchev–Trinajstić information content (AvgIpc) is 2.38. The highest BCUT2D eigenvalue weighted by molar-refractivity contribution is 5.92. The molecule has 0 aliphatic rings. The van der Waals surface area contributed by atoms with Crippen LogP contribution in [-0.4, -0.2) is 19.1 Å². The highest BCUT2D eigenvalue weighted by Gasteiger charge is 2.06. The molecule has 0 aromatic heterocycles. The zero-order valence-corrected chi connectivity index (χ0v) is 11.5. The van der Waals surface area contributed by atoms with Gasteiger partial charge in [-0.3, -0.25) is 4.79 Å². The van der Waals surface area contributed by atoms with Gasteiger partial charge in [0.1, 0.15) is 6.07 Å². The first-order chi connectivity index (χ1) is 9.13. The fourth-order valence-electron chi connectivity index (χ4n) is 1.56. The molecule has 0 heterocycles. The second-order valence-electron chi connectivity index (χ2n) is 4.78. The number of benzene rings is 1. The van der Waals surface area contributed by atoms with E-state index in [1.165, 1.54) is 0 Å². The van der Waals surface area contributed by atoms with Crippen LogP contribution in [0.25, 0.3) is 0 Å². The van der Waals surface area contributed by atoms with Crippen molar-refractivity contribution in [1.29, 1.82) is 5.26 Å². The molecule has 1 N–H and O–H groups in total. The first kappa shape index (κ1) is 15.2. The summed E-state index contributed by atoms with van der Waals surface area (Å²) in [5, 5.41) is 11.7. The molecule has 0 aliphatic carbocycles. The van der Waals surface area contributed by atoms with Crippen LogP contribution in [0.2, 0.25) is 0 Å². The van der Waals surface area contributed by atoms with E-state index in [4.69, 9.17) is 10.00 Å². The Labute approximate surface area is 114 Å². The van der Waals surface area contributed by atoms with Gasteiger partial charge in [-0.2, -0.15) is 5.26 Å².